The van der Waals surface area contributed by atoms with E-state index in [0.717, 1.165) is 5.56 Å². The van der Waals surface area contributed by atoms with Gasteiger partial charge in [-0.05, 0) is 54.2 Å². The van der Waals surface area contributed by atoms with Gasteiger partial charge in [-0.25, -0.2) is 4.79 Å². The molecule has 0 saturated heterocycles. The van der Waals surface area contributed by atoms with E-state index in [4.69, 9.17) is 23.8 Å². The van der Waals surface area contributed by atoms with Crippen molar-refractivity contribution in [1.82, 2.24) is 5.32 Å². The third-order valence-electron chi connectivity index (χ3n) is 3.09. The Morgan fingerprint density at radius 1 is 1.08 bits per heavy atom. The predicted octanol–water partition coefficient (Wildman–Crippen LogP) is 3.18. The van der Waals surface area contributed by atoms with Gasteiger partial charge in [-0.1, -0.05) is 23.7 Å². The number of ether oxygens (including phenoxy) is 1. The average Bonchev–Trinajstić information content (AvgIpc) is 2.56. The molecule has 2 rings (SSSR count). The summed E-state index contributed by atoms with van der Waals surface area (Å²) in [5.41, 5.74) is 1.92. The molecule has 0 bridgehead atoms. The first-order chi connectivity index (χ1) is 11.5. The topological polar surface area (TPSA) is 67.4 Å². The molecule has 7 heteroatoms. The van der Waals surface area contributed by atoms with Gasteiger partial charge < -0.3 is 15.4 Å². The minimum atomic E-state index is -0.416. The van der Waals surface area contributed by atoms with Gasteiger partial charge in [0.05, 0.1) is 19.1 Å². The molecule has 0 spiro atoms. The first-order valence-electron chi connectivity index (χ1n) is 7.01. The second-order valence-corrected chi connectivity index (χ2v) is 5.72. The molecule has 2 aromatic carbocycles. The highest BCUT2D eigenvalue weighted by atomic mass is 35.5. The quantitative estimate of drug-likeness (QED) is 0.646. The van der Waals surface area contributed by atoms with Gasteiger partial charge in [0.15, 0.2) is 5.11 Å². The Balaban J connectivity index is 1.87. The molecule has 0 aliphatic rings. The Morgan fingerprint density at radius 3 is 2.29 bits per heavy atom. The number of carbonyl (C=O) groups is 2. The van der Waals surface area contributed by atoms with Crippen LogP contribution < -0.4 is 10.6 Å². The minimum Gasteiger partial charge on any atom is -0.465 e. The number of hydrogen-bond donors (Lipinski definition) is 2. The van der Waals surface area contributed by atoms with Crippen LogP contribution in [-0.2, 0) is 16.0 Å². The molecule has 24 heavy (non-hydrogen) atoms. The van der Waals surface area contributed by atoms with Gasteiger partial charge in [-0.2, -0.15) is 0 Å². The molecule has 0 aliphatic carbocycles. The molecule has 0 fully saturated rings. The number of methoxy groups -OCH3 is 1. The fourth-order valence-corrected chi connectivity index (χ4v) is 2.29. The number of rotatable bonds is 4. The van der Waals surface area contributed by atoms with Crippen molar-refractivity contribution >= 4 is 46.5 Å². The zero-order valence-electron chi connectivity index (χ0n) is 12.8. The lowest BCUT2D eigenvalue weighted by Crippen LogP contribution is -2.35. The maximum absolute atomic E-state index is 11.9. The number of halogens is 1. The van der Waals surface area contributed by atoms with Crippen molar-refractivity contribution in [2.24, 2.45) is 0 Å². The SMILES string of the molecule is COC(=O)c1ccc(NC(=S)NC(=O)Cc2ccc(Cl)cc2)cc1. The molecule has 0 radical (unpaired) electrons. The Bertz CT molecular complexity index is 745. The lowest BCUT2D eigenvalue weighted by molar-refractivity contribution is -0.119. The van der Waals surface area contributed by atoms with Crippen LogP contribution in [0.1, 0.15) is 15.9 Å². The van der Waals surface area contributed by atoms with E-state index in [2.05, 4.69) is 15.4 Å². The van der Waals surface area contributed by atoms with Crippen LogP contribution in [0.3, 0.4) is 0 Å². The van der Waals surface area contributed by atoms with Crippen LogP contribution in [0, 0.1) is 0 Å². The zero-order valence-corrected chi connectivity index (χ0v) is 14.4. The zero-order chi connectivity index (χ0) is 17.5. The van der Waals surface area contributed by atoms with Crippen molar-refractivity contribution in [2.75, 3.05) is 12.4 Å². The van der Waals surface area contributed by atoms with Crippen LogP contribution in [0.2, 0.25) is 5.02 Å². The standard InChI is InChI=1S/C17H15ClN2O3S/c1-23-16(22)12-4-8-14(9-5-12)19-17(24)20-15(21)10-11-2-6-13(18)7-3-11/h2-9H,10H2,1H3,(H2,19,20,21,24). The third-order valence-corrected chi connectivity index (χ3v) is 3.55. The maximum Gasteiger partial charge on any atom is 0.337 e. The fraction of sp³-hybridized carbons (Fsp3) is 0.118. The second kappa shape index (κ2) is 8.42. The predicted molar refractivity (Wildman–Crippen MR) is 97.3 cm³/mol. The van der Waals surface area contributed by atoms with Gasteiger partial charge in [-0.3, -0.25) is 4.79 Å². The highest BCUT2D eigenvalue weighted by molar-refractivity contribution is 7.80. The van der Waals surface area contributed by atoms with E-state index >= 15 is 0 Å². The van der Waals surface area contributed by atoms with Crippen LogP contribution in [-0.4, -0.2) is 24.1 Å². The molecule has 2 aromatic rings. The largest absolute Gasteiger partial charge is 0.465 e. The molecule has 2 N–H and O–H groups in total. The Kier molecular flexibility index (Phi) is 6.28. The molecule has 1 amide bonds. The maximum atomic E-state index is 11.9. The number of benzene rings is 2. The number of thiocarbonyl (C=S) groups is 1. The van der Waals surface area contributed by atoms with Gasteiger partial charge >= 0.3 is 5.97 Å². The van der Waals surface area contributed by atoms with Gasteiger partial charge in [-0.15, -0.1) is 0 Å². The number of hydrogen-bond acceptors (Lipinski definition) is 4. The van der Waals surface area contributed by atoms with Crippen LogP contribution >= 0.6 is 23.8 Å². The summed E-state index contributed by atoms with van der Waals surface area (Å²) in [7, 11) is 1.32. The normalized spacial score (nSPS) is 9.92. The first kappa shape index (κ1) is 17.9. The van der Waals surface area contributed by atoms with Crippen molar-refractivity contribution in [1.29, 1.82) is 0 Å². The van der Waals surface area contributed by atoms with Gasteiger partial charge in [0, 0.05) is 10.7 Å². The minimum absolute atomic E-state index is 0.180. The average molecular weight is 363 g/mol. The Morgan fingerprint density at radius 2 is 1.71 bits per heavy atom. The highest BCUT2D eigenvalue weighted by Gasteiger charge is 2.08. The number of esters is 1. The summed E-state index contributed by atoms with van der Waals surface area (Å²) in [5, 5.41) is 6.27. The molecule has 0 aromatic heterocycles. The van der Waals surface area contributed by atoms with Crippen LogP contribution in [0.4, 0.5) is 5.69 Å². The number of anilines is 1. The van der Waals surface area contributed by atoms with Crippen molar-refractivity contribution in [3.8, 4) is 0 Å². The molecule has 0 aliphatic heterocycles. The molecule has 0 unspecified atom stereocenters. The second-order valence-electron chi connectivity index (χ2n) is 4.87. The number of amides is 1. The summed E-state index contributed by atoms with van der Waals surface area (Å²) in [4.78, 5) is 23.3. The molecular formula is C17H15ClN2O3S. The first-order valence-corrected chi connectivity index (χ1v) is 7.80. The van der Waals surface area contributed by atoms with Crippen molar-refractivity contribution in [3.05, 3.63) is 64.7 Å². The molecule has 0 saturated carbocycles. The molecule has 0 atom stereocenters. The van der Waals surface area contributed by atoms with E-state index in [1.807, 2.05) is 0 Å². The van der Waals surface area contributed by atoms with Crippen LogP contribution in [0.15, 0.2) is 48.5 Å². The number of nitrogens with one attached hydrogen (secondary N) is 2. The Labute approximate surface area is 150 Å². The summed E-state index contributed by atoms with van der Waals surface area (Å²) < 4.78 is 4.62. The van der Waals surface area contributed by atoms with Crippen molar-refractivity contribution in [2.45, 2.75) is 6.42 Å². The molecule has 124 valence electrons. The fourth-order valence-electron chi connectivity index (χ4n) is 1.93. The monoisotopic (exact) mass is 362 g/mol. The molecule has 5 nitrogen and oxygen atoms in total. The molecule has 0 heterocycles. The van der Waals surface area contributed by atoms with Gasteiger partial charge in [0.25, 0.3) is 0 Å². The third kappa shape index (κ3) is 5.33. The summed E-state index contributed by atoms with van der Waals surface area (Å²) >= 11 is 10.9. The summed E-state index contributed by atoms with van der Waals surface area (Å²) in [6.45, 7) is 0. The lowest BCUT2D eigenvalue weighted by atomic mass is 10.1. The van der Waals surface area contributed by atoms with E-state index in [0.29, 0.717) is 16.3 Å². The van der Waals surface area contributed by atoms with Crippen LogP contribution in [0.5, 0.6) is 0 Å². The number of carbonyl (C=O) groups excluding carboxylic acids is 2. The van der Waals surface area contributed by atoms with Gasteiger partial charge in [0.2, 0.25) is 5.91 Å². The highest BCUT2D eigenvalue weighted by Crippen LogP contribution is 2.11. The lowest BCUT2D eigenvalue weighted by Gasteiger charge is -2.10. The summed E-state index contributed by atoms with van der Waals surface area (Å²) in [6, 6.07) is 13.6. The van der Waals surface area contributed by atoms with E-state index in [1.165, 1.54) is 7.11 Å². The van der Waals surface area contributed by atoms with E-state index in [1.54, 1.807) is 48.5 Å². The van der Waals surface area contributed by atoms with Crippen molar-refractivity contribution < 1.29 is 14.3 Å². The van der Waals surface area contributed by atoms with Crippen LogP contribution in [0.25, 0.3) is 0 Å². The van der Waals surface area contributed by atoms with Gasteiger partial charge in [0.1, 0.15) is 0 Å². The summed E-state index contributed by atoms with van der Waals surface area (Å²) in [5.74, 6) is -0.651. The molecular weight excluding hydrogens is 348 g/mol. The van der Waals surface area contributed by atoms with E-state index in [-0.39, 0.29) is 17.4 Å². The smallest absolute Gasteiger partial charge is 0.337 e. The Hall–Kier alpha value is -2.44. The van der Waals surface area contributed by atoms with Crippen molar-refractivity contribution in [3.63, 3.8) is 0 Å². The summed E-state index contributed by atoms with van der Waals surface area (Å²) in [6.07, 6.45) is 0.195. The van der Waals surface area contributed by atoms with E-state index in [9.17, 15) is 9.59 Å². The van der Waals surface area contributed by atoms with E-state index < -0.39 is 5.97 Å².